The van der Waals surface area contributed by atoms with Crippen LogP contribution in [-0.2, 0) is 15.2 Å². The van der Waals surface area contributed by atoms with E-state index < -0.39 is 10.5 Å². The predicted molar refractivity (Wildman–Crippen MR) is 78.0 cm³/mol. The first-order chi connectivity index (χ1) is 10.3. The number of methoxy groups -OCH3 is 1. The Labute approximate surface area is 133 Å². The van der Waals surface area contributed by atoms with Crippen LogP contribution in [0.1, 0.15) is 23.2 Å². The summed E-state index contributed by atoms with van der Waals surface area (Å²) in [6, 6.07) is 3.75. The van der Waals surface area contributed by atoms with Crippen molar-refractivity contribution in [2.75, 3.05) is 20.2 Å². The number of ether oxygens (including phenoxy) is 1. The first-order valence-electron chi connectivity index (χ1n) is 6.56. The van der Waals surface area contributed by atoms with Gasteiger partial charge >= 0.3 is 10.5 Å². The highest BCUT2D eigenvalue weighted by Crippen LogP contribution is 2.28. The van der Waals surface area contributed by atoms with Crippen LogP contribution in [0.25, 0.3) is 0 Å². The smallest absolute Gasteiger partial charge is 0.381 e. The Morgan fingerprint density at radius 3 is 2.50 bits per heavy atom. The van der Waals surface area contributed by atoms with E-state index in [0.717, 1.165) is 18.9 Å². The molecule has 2 rings (SSSR count). The number of carbonyl (C=O) groups is 1. The van der Waals surface area contributed by atoms with Crippen molar-refractivity contribution >= 4 is 28.0 Å². The summed E-state index contributed by atoms with van der Waals surface area (Å²) in [6.45, 7) is 1.12. The lowest BCUT2D eigenvalue weighted by molar-refractivity contribution is 0.0351. The minimum Gasteiger partial charge on any atom is -0.381 e. The molecule has 0 bridgehead atoms. The molecule has 1 aliphatic rings. The lowest BCUT2D eigenvalue weighted by Gasteiger charge is -2.31. The van der Waals surface area contributed by atoms with Crippen molar-refractivity contribution in [2.24, 2.45) is 0 Å². The first-order valence-corrected chi connectivity index (χ1v) is 8.24. The fourth-order valence-corrected chi connectivity index (χ4v) is 2.91. The topological polar surface area (TPSA) is 72.9 Å². The van der Waals surface area contributed by atoms with Crippen LogP contribution in [-0.4, -0.2) is 45.5 Å². The zero-order chi connectivity index (χ0) is 16.3. The van der Waals surface area contributed by atoms with Gasteiger partial charge in [-0.25, -0.2) is 0 Å². The molecule has 1 aromatic rings. The number of carbonyl (C=O) groups excluding carboxylic acids is 1. The number of hydrogen-bond donors (Lipinski definition) is 0. The summed E-state index contributed by atoms with van der Waals surface area (Å²) in [7, 11) is -3.52. The minimum atomic E-state index is -5.16. The van der Waals surface area contributed by atoms with Gasteiger partial charge in [-0.1, -0.05) is 15.5 Å². The van der Waals surface area contributed by atoms with E-state index in [1.807, 2.05) is 0 Å². The lowest BCUT2D eigenvalue weighted by atomic mass is 10.1. The third-order valence-corrected chi connectivity index (χ3v) is 4.10. The van der Waals surface area contributed by atoms with Gasteiger partial charge in [0, 0.05) is 25.8 Å². The molecule has 0 aliphatic carbocycles. The molecule has 1 saturated heterocycles. The second kappa shape index (κ2) is 6.80. The van der Waals surface area contributed by atoms with Gasteiger partial charge in [-0.2, -0.15) is 8.42 Å². The Hall–Kier alpha value is -1.38. The summed E-state index contributed by atoms with van der Waals surface area (Å²) < 4.78 is 42.7. The molecule has 22 heavy (non-hydrogen) atoms. The number of amides is 1. The largest absolute Gasteiger partial charge is 0.488 e. The molecule has 122 valence electrons. The van der Waals surface area contributed by atoms with Gasteiger partial charge in [-0.05, 0) is 31.0 Å². The third-order valence-electron chi connectivity index (χ3n) is 3.43. The average molecular weight is 352 g/mol. The first kappa shape index (κ1) is 17.0. The number of rotatable bonds is 4. The molecule has 0 N–H and O–H groups in total. The fraction of sp³-hybridized carbons (Fsp3) is 0.462. The number of likely N-dealkylation sites (tertiary alicyclic amines) is 1. The van der Waals surface area contributed by atoms with E-state index in [-0.39, 0.29) is 28.3 Å². The zero-order valence-corrected chi connectivity index (χ0v) is 13.4. The van der Waals surface area contributed by atoms with E-state index in [1.165, 1.54) is 12.1 Å². The number of nitrogens with zero attached hydrogens (tertiary/aromatic N) is 1. The predicted octanol–water partition coefficient (Wildman–Crippen LogP) is 2.18. The Morgan fingerprint density at radius 2 is 2.00 bits per heavy atom. The van der Waals surface area contributed by atoms with E-state index in [2.05, 4.69) is 4.18 Å². The van der Waals surface area contributed by atoms with E-state index in [1.54, 1.807) is 12.0 Å². The van der Waals surface area contributed by atoms with E-state index in [9.17, 15) is 17.1 Å². The molecule has 1 aliphatic heterocycles. The van der Waals surface area contributed by atoms with Crippen LogP contribution >= 0.6 is 11.6 Å². The van der Waals surface area contributed by atoms with Gasteiger partial charge in [0.1, 0.15) is 0 Å². The Kier molecular flexibility index (Phi) is 5.25. The molecule has 0 atom stereocenters. The summed E-state index contributed by atoms with van der Waals surface area (Å²) in [5.74, 6) is -0.593. The van der Waals surface area contributed by atoms with Gasteiger partial charge in [-0.15, -0.1) is 0 Å². The van der Waals surface area contributed by atoms with Crippen LogP contribution in [0.4, 0.5) is 3.89 Å². The molecule has 0 radical (unpaired) electrons. The Balaban J connectivity index is 2.10. The average Bonchev–Trinajstić information content (AvgIpc) is 2.47. The molecule has 9 heteroatoms. The molecular weight excluding hydrogens is 337 g/mol. The van der Waals surface area contributed by atoms with Crippen molar-refractivity contribution in [2.45, 2.75) is 18.9 Å². The Morgan fingerprint density at radius 1 is 1.36 bits per heavy atom. The highest BCUT2D eigenvalue weighted by Gasteiger charge is 2.24. The van der Waals surface area contributed by atoms with Crippen molar-refractivity contribution in [1.29, 1.82) is 0 Å². The van der Waals surface area contributed by atoms with E-state index in [4.69, 9.17) is 16.3 Å². The molecule has 0 aromatic heterocycles. The minimum absolute atomic E-state index is 0.151. The number of halogens is 2. The summed E-state index contributed by atoms with van der Waals surface area (Å²) in [6.07, 6.45) is 1.65. The molecule has 1 heterocycles. The van der Waals surface area contributed by atoms with Crippen LogP contribution in [0.2, 0.25) is 5.02 Å². The van der Waals surface area contributed by atoms with Gasteiger partial charge in [-0.3, -0.25) is 4.79 Å². The van der Waals surface area contributed by atoms with Gasteiger partial charge in [0.05, 0.1) is 11.1 Å². The fourth-order valence-electron chi connectivity index (χ4n) is 2.29. The van der Waals surface area contributed by atoms with Crippen molar-refractivity contribution in [3.05, 3.63) is 28.8 Å². The second-order valence-corrected chi connectivity index (χ2v) is 6.21. The lowest BCUT2D eigenvalue weighted by Crippen LogP contribution is -2.40. The van der Waals surface area contributed by atoms with Crippen molar-refractivity contribution in [3.63, 3.8) is 0 Å². The quantitative estimate of drug-likeness (QED) is 0.777. The standard InChI is InChI=1S/C13H15ClFNO5S/c1-20-10-4-6-16(7-5-10)13(17)9-2-3-12(11(14)8-9)21-22(15,18)19/h2-3,8,10H,4-7H2,1H3. The summed E-state index contributed by atoms with van der Waals surface area (Å²) in [5, 5.41) is -0.154. The van der Waals surface area contributed by atoms with Crippen LogP contribution in [0, 0.1) is 0 Å². The maximum Gasteiger partial charge on any atom is 0.488 e. The van der Waals surface area contributed by atoms with E-state index >= 15 is 0 Å². The normalized spacial score (nSPS) is 16.6. The SMILES string of the molecule is COC1CCN(C(=O)c2ccc(OS(=O)(=O)F)c(Cl)c2)CC1. The van der Waals surface area contributed by atoms with Crippen LogP contribution in [0.5, 0.6) is 5.75 Å². The van der Waals surface area contributed by atoms with Gasteiger partial charge in [0.15, 0.2) is 5.75 Å². The van der Waals surface area contributed by atoms with Crippen LogP contribution < -0.4 is 4.18 Å². The Bertz CT molecular complexity index is 658. The summed E-state index contributed by atoms with van der Waals surface area (Å²) in [4.78, 5) is 14.0. The van der Waals surface area contributed by atoms with Crippen LogP contribution in [0.15, 0.2) is 18.2 Å². The summed E-state index contributed by atoms with van der Waals surface area (Å²) in [5.41, 5.74) is 0.282. The highest BCUT2D eigenvalue weighted by atomic mass is 35.5. The van der Waals surface area contributed by atoms with Crippen LogP contribution in [0.3, 0.4) is 0 Å². The molecule has 0 spiro atoms. The molecular formula is C13H15ClFNO5S. The zero-order valence-electron chi connectivity index (χ0n) is 11.8. The molecule has 1 aromatic carbocycles. The van der Waals surface area contributed by atoms with Gasteiger partial charge < -0.3 is 13.8 Å². The molecule has 6 nitrogen and oxygen atoms in total. The maximum absolute atomic E-state index is 12.5. The number of hydrogen-bond acceptors (Lipinski definition) is 5. The third kappa shape index (κ3) is 4.31. The molecule has 1 fully saturated rings. The molecule has 0 unspecified atom stereocenters. The maximum atomic E-state index is 12.5. The van der Waals surface area contributed by atoms with Gasteiger partial charge in [0.2, 0.25) is 0 Å². The van der Waals surface area contributed by atoms with Crippen molar-refractivity contribution in [3.8, 4) is 5.75 Å². The monoisotopic (exact) mass is 351 g/mol. The molecule has 0 saturated carbocycles. The number of benzene rings is 1. The summed E-state index contributed by atoms with van der Waals surface area (Å²) >= 11 is 5.82. The van der Waals surface area contributed by atoms with Gasteiger partial charge in [0.25, 0.3) is 5.91 Å². The second-order valence-electron chi connectivity index (χ2n) is 4.85. The number of piperidine rings is 1. The van der Waals surface area contributed by atoms with E-state index in [0.29, 0.717) is 13.1 Å². The van der Waals surface area contributed by atoms with Crippen molar-refractivity contribution < 1.29 is 26.0 Å². The molecule has 1 amide bonds. The highest BCUT2D eigenvalue weighted by molar-refractivity contribution is 7.81. The van der Waals surface area contributed by atoms with Crippen molar-refractivity contribution in [1.82, 2.24) is 4.90 Å².